The molecule has 0 spiro atoms. The number of fused-ring (bicyclic) bond motifs is 4. The first-order valence-corrected chi connectivity index (χ1v) is 10.5. The summed E-state index contributed by atoms with van der Waals surface area (Å²) >= 11 is 0. The van der Waals surface area contributed by atoms with Gasteiger partial charge in [-0.15, -0.1) is 0 Å². The van der Waals surface area contributed by atoms with Gasteiger partial charge in [0.1, 0.15) is 29.3 Å². The van der Waals surface area contributed by atoms with Gasteiger partial charge in [0, 0.05) is 19.3 Å². The molecule has 3 saturated heterocycles. The van der Waals surface area contributed by atoms with Crippen LogP contribution in [-0.4, -0.2) is 63.7 Å². The van der Waals surface area contributed by atoms with E-state index >= 15 is 0 Å². The first-order valence-electron chi connectivity index (χ1n) is 10.5. The number of aryl methyl sites for hydroxylation is 1. The lowest BCUT2D eigenvalue weighted by Gasteiger charge is -2.31. The van der Waals surface area contributed by atoms with Crippen molar-refractivity contribution in [1.29, 1.82) is 0 Å². The van der Waals surface area contributed by atoms with E-state index in [9.17, 15) is 20.1 Å². The van der Waals surface area contributed by atoms with E-state index in [2.05, 4.69) is 6.58 Å². The van der Waals surface area contributed by atoms with Crippen LogP contribution in [0.5, 0.6) is 0 Å². The molecular formula is C22H28O9. The number of carbonyl (C=O) groups excluding carboxylic acids is 1. The van der Waals surface area contributed by atoms with Gasteiger partial charge in [0.05, 0.1) is 18.8 Å². The van der Waals surface area contributed by atoms with Crippen molar-refractivity contribution in [2.24, 2.45) is 5.92 Å². The highest BCUT2D eigenvalue weighted by molar-refractivity contribution is 5.66. The minimum absolute atomic E-state index is 0.0215. The van der Waals surface area contributed by atoms with E-state index in [1.807, 2.05) is 19.9 Å². The monoisotopic (exact) mass is 436 g/mol. The predicted octanol–water partition coefficient (Wildman–Crippen LogP) is 1.20. The van der Waals surface area contributed by atoms with Crippen LogP contribution in [0.1, 0.15) is 56.0 Å². The normalized spacial score (nSPS) is 45.4. The topological polar surface area (TPSA) is 134 Å². The van der Waals surface area contributed by atoms with E-state index in [1.165, 1.54) is 6.92 Å². The highest BCUT2D eigenvalue weighted by Crippen LogP contribution is 2.60. The van der Waals surface area contributed by atoms with E-state index in [-0.39, 0.29) is 19.1 Å². The molecule has 4 aliphatic rings. The van der Waals surface area contributed by atoms with Gasteiger partial charge in [0.15, 0.2) is 18.0 Å². The summed E-state index contributed by atoms with van der Waals surface area (Å²) in [6.07, 6.45) is -4.14. The van der Waals surface area contributed by atoms with Gasteiger partial charge in [-0.05, 0) is 37.5 Å². The number of aliphatic hydroxyl groups is 3. The van der Waals surface area contributed by atoms with Crippen molar-refractivity contribution in [1.82, 2.24) is 0 Å². The molecule has 5 heterocycles. The zero-order valence-electron chi connectivity index (χ0n) is 17.7. The second kappa shape index (κ2) is 6.87. The van der Waals surface area contributed by atoms with Gasteiger partial charge in [-0.25, -0.2) is 0 Å². The molecule has 0 amide bonds. The number of aliphatic hydroxyl groups excluding tert-OH is 3. The van der Waals surface area contributed by atoms with E-state index in [0.29, 0.717) is 23.5 Å². The smallest absolute Gasteiger partial charge is 0.303 e. The second-order valence-electron chi connectivity index (χ2n) is 9.33. The van der Waals surface area contributed by atoms with Crippen LogP contribution >= 0.6 is 0 Å². The van der Waals surface area contributed by atoms with Crippen LogP contribution in [-0.2, 0) is 23.7 Å². The highest BCUT2D eigenvalue weighted by atomic mass is 16.7. The maximum atomic E-state index is 12.0. The number of ether oxygens (including phenoxy) is 4. The van der Waals surface area contributed by atoms with Gasteiger partial charge >= 0.3 is 5.97 Å². The zero-order chi connectivity index (χ0) is 22.3. The maximum absolute atomic E-state index is 12.0. The molecule has 5 rings (SSSR count). The molecule has 9 heteroatoms. The van der Waals surface area contributed by atoms with E-state index < -0.39 is 53.8 Å². The van der Waals surface area contributed by atoms with Crippen LogP contribution in [0.4, 0.5) is 0 Å². The molecule has 31 heavy (non-hydrogen) atoms. The number of carbonyl (C=O) groups is 1. The second-order valence-corrected chi connectivity index (χ2v) is 9.33. The van der Waals surface area contributed by atoms with Crippen LogP contribution in [0, 0.1) is 12.8 Å². The molecule has 0 aliphatic carbocycles. The van der Waals surface area contributed by atoms with Crippen LogP contribution < -0.4 is 0 Å². The lowest BCUT2D eigenvalue weighted by molar-refractivity contribution is -0.186. The van der Waals surface area contributed by atoms with Crippen molar-refractivity contribution in [2.75, 3.05) is 6.61 Å². The van der Waals surface area contributed by atoms with Crippen molar-refractivity contribution in [3.63, 3.8) is 0 Å². The Morgan fingerprint density at radius 3 is 2.74 bits per heavy atom. The van der Waals surface area contributed by atoms with Crippen molar-refractivity contribution < 1.29 is 43.5 Å². The molecule has 0 aromatic carbocycles. The lowest BCUT2D eigenvalue weighted by Crippen LogP contribution is -2.42. The van der Waals surface area contributed by atoms with Gasteiger partial charge in [-0.1, -0.05) is 6.58 Å². The number of epoxide rings is 2. The summed E-state index contributed by atoms with van der Waals surface area (Å²) in [6, 6.07) is 1.85. The summed E-state index contributed by atoms with van der Waals surface area (Å²) in [5.74, 6) is -0.199. The van der Waals surface area contributed by atoms with Crippen LogP contribution in [0.15, 0.2) is 22.6 Å². The van der Waals surface area contributed by atoms with E-state index in [0.717, 1.165) is 5.56 Å². The van der Waals surface area contributed by atoms with Gasteiger partial charge in [0.2, 0.25) is 0 Å². The van der Waals surface area contributed by atoms with Gasteiger partial charge in [-0.2, -0.15) is 0 Å². The third-order valence-corrected chi connectivity index (χ3v) is 7.11. The molecule has 3 fully saturated rings. The minimum Gasteiger partial charge on any atom is -0.459 e. The first-order chi connectivity index (χ1) is 14.6. The molecular weight excluding hydrogens is 408 g/mol. The van der Waals surface area contributed by atoms with Crippen LogP contribution in [0.25, 0.3) is 0 Å². The van der Waals surface area contributed by atoms with Gasteiger partial charge < -0.3 is 38.7 Å². The van der Waals surface area contributed by atoms with E-state index in [1.54, 1.807) is 0 Å². The first kappa shape index (κ1) is 21.1. The number of esters is 1. The lowest BCUT2D eigenvalue weighted by atomic mass is 9.82. The SMILES string of the molecule is C=C(CO)[C@H]1C[C@H](O)[C@@]23O[C@@H]2[C@@H](C[C@]2(C)O[C@H]2c2cc(C)c(o2)[C@@H]1OC(C)=O)OC3O. The standard InChI is InChI=1S/C22H28O9/c1-9-5-13-18-21(4,30-18)7-14-19-22(31-19,20(26)29-14)15(25)6-12(10(2)8-23)17(16(9)28-13)27-11(3)24/h5,12,14-15,17-20,23,25-26H,2,6-8H2,1,3-4H3/t12-,14-,15+,17-,18+,19-,20?,21+,22-/m1/s1. The molecule has 4 aliphatic heterocycles. The summed E-state index contributed by atoms with van der Waals surface area (Å²) in [6.45, 7) is 8.62. The summed E-state index contributed by atoms with van der Waals surface area (Å²) < 4.78 is 29.3. The molecule has 170 valence electrons. The Balaban J connectivity index is 1.60. The predicted molar refractivity (Wildman–Crippen MR) is 104 cm³/mol. The average molecular weight is 436 g/mol. The average Bonchev–Trinajstić information content (AvgIpc) is 3.54. The molecule has 1 aromatic heterocycles. The maximum Gasteiger partial charge on any atom is 0.303 e. The fourth-order valence-electron chi connectivity index (χ4n) is 5.31. The van der Waals surface area contributed by atoms with Crippen LogP contribution in [0.3, 0.4) is 0 Å². The third-order valence-electron chi connectivity index (χ3n) is 7.11. The Morgan fingerprint density at radius 2 is 2.10 bits per heavy atom. The molecule has 1 aromatic rings. The summed E-state index contributed by atoms with van der Waals surface area (Å²) in [7, 11) is 0. The summed E-state index contributed by atoms with van der Waals surface area (Å²) in [5.41, 5.74) is -0.711. The Bertz CT molecular complexity index is 924. The summed E-state index contributed by atoms with van der Waals surface area (Å²) in [4.78, 5) is 12.0. The molecule has 1 unspecified atom stereocenters. The molecule has 3 N–H and O–H groups in total. The Labute approximate surface area is 179 Å². The molecule has 9 atom stereocenters. The van der Waals surface area contributed by atoms with E-state index in [4.69, 9.17) is 23.4 Å². The Kier molecular flexibility index (Phi) is 4.68. The number of hydrogen-bond acceptors (Lipinski definition) is 9. The Morgan fingerprint density at radius 1 is 1.35 bits per heavy atom. The highest BCUT2D eigenvalue weighted by Gasteiger charge is 2.76. The number of furan rings is 1. The fourth-order valence-corrected chi connectivity index (χ4v) is 5.31. The Hall–Kier alpha value is -1.75. The molecule has 4 bridgehead atoms. The third kappa shape index (κ3) is 3.10. The van der Waals surface area contributed by atoms with Crippen molar-refractivity contribution >= 4 is 5.97 Å². The molecule has 0 radical (unpaired) electrons. The molecule has 0 saturated carbocycles. The van der Waals surface area contributed by atoms with Crippen LogP contribution in [0.2, 0.25) is 0 Å². The van der Waals surface area contributed by atoms with Gasteiger partial charge in [0.25, 0.3) is 0 Å². The summed E-state index contributed by atoms with van der Waals surface area (Å²) in [5, 5.41) is 31.5. The van der Waals surface area contributed by atoms with Crippen molar-refractivity contribution in [3.8, 4) is 0 Å². The van der Waals surface area contributed by atoms with Crippen molar-refractivity contribution in [2.45, 2.75) is 81.6 Å². The van der Waals surface area contributed by atoms with Crippen molar-refractivity contribution in [3.05, 3.63) is 35.3 Å². The quantitative estimate of drug-likeness (QED) is 0.363. The molecule has 9 nitrogen and oxygen atoms in total. The largest absolute Gasteiger partial charge is 0.459 e. The minimum atomic E-state index is -1.30. The van der Waals surface area contributed by atoms with Gasteiger partial charge in [-0.3, -0.25) is 4.79 Å². The number of rotatable bonds is 3. The fraction of sp³-hybridized carbons (Fsp3) is 0.682. The number of hydrogen-bond donors (Lipinski definition) is 3. The zero-order valence-corrected chi connectivity index (χ0v) is 17.7.